The zero-order valence-electron chi connectivity index (χ0n) is 3.91. The molecule has 0 fully saturated rings. The first-order valence-corrected chi connectivity index (χ1v) is 2.00. The Kier molecular flexibility index (Phi) is 3.83. The minimum absolute atomic E-state index is 0. The van der Waals surface area contributed by atoms with Crippen LogP contribution in [0.25, 0.3) is 0 Å². The summed E-state index contributed by atoms with van der Waals surface area (Å²) in [6.45, 7) is 0. The number of hydrogen-bond donors (Lipinski definition) is 0. The van der Waals surface area contributed by atoms with Crippen molar-refractivity contribution in [3.8, 4) is 0 Å². The van der Waals surface area contributed by atoms with Crippen molar-refractivity contribution in [2.24, 2.45) is 0 Å². The standard InChI is InChI=1S/C6H6.As/c1-2-4-6-5-3-1;/h1-6H;. The van der Waals surface area contributed by atoms with Gasteiger partial charge in [-0.2, -0.15) is 0 Å². The summed E-state index contributed by atoms with van der Waals surface area (Å²) in [6, 6.07) is 12.0. The van der Waals surface area contributed by atoms with Crippen molar-refractivity contribution in [2.45, 2.75) is 0 Å². The van der Waals surface area contributed by atoms with Gasteiger partial charge < -0.3 is 0 Å². The van der Waals surface area contributed by atoms with Crippen LogP contribution in [0.1, 0.15) is 0 Å². The van der Waals surface area contributed by atoms with Gasteiger partial charge in [0, 0.05) is 18.0 Å². The molecule has 1 aromatic carbocycles. The van der Waals surface area contributed by atoms with Crippen molar-refractivity contribution < 1.29 is 0 Å². The SMILES string of the molecule is [As].c1ccccc1. The molecule has 0 atom stereocenters. The Bertz CT molecular complexity index is 76.1. The van der Waals surface area contributed by atoms with Crippen LogP contribution in [0.15, 0.2) is 36.4 Å². The zero-order valence-corrected chi connectivity index (χ0v) is 5.79. The fraction of sp³-hybridized carbons (Fsp3) is 0. The Balaban J connectivity index is 0.000000360. The molecule has 0 bridgehead atoms. The van der Waals surface area contributed by atoms with E-state index >= 15 is 0 Å². The maximum atomic E-state index is 2.00. The summed E-state index contributed by atoms with van der Waals surface area (Å²) < 4.78 is 0. The average molecular weight is 153 g/mol. The summed E-state index contributed by atoms with van der Waals surface area (Å²) in [7, 11) is 0. The molecule has 0 heterocycles. The summed E-state index contributed by atoms with van der Waals surface area (Å²) in [6.07, 6.45) is 0. The van der Waals surface area contributed by atoms with Gasteiger partial charge >= 0.3 is 0 Å². The van der Waals surface area contributed by atoms with Crippen LogP contribution in [0, 0.1) is 0 Å². The molecule has 1 heteroatoms. The van der Waals surface area contributed by atoms with Crippen molar-refractivity contribution in [3.05, 3.63) is 36.4 Å². The molecular weight excluding hydrogens is 147 g/mol. The van der Waals surface area contributed by atoms with Crippen LogP contribution < -0.4 is 0 Å². The molecule has 35 valence electrons. The number of hydrogen-bond acceptors (Lipinski definition) is 0. The molecule has 0 unspecified atom stereocenters. The second-order valence-corrected chi connectivity index (χ2v) is 1.15. The molecule has 0 spiro atoms. The molecule has 0 saturated carbocycles. The van der Waals surface area contributed by atoms with Gasteiger partial charge in [-0.25, -0.2) is 0 Å². The summed E-state index contributed by atoms with van der Waals surface area (Å²) in [5, 5.41) is 0. The van der Waals surface area contributed by atoms with Gasteiger partial charge in [0.1, 0.15) is 0 Å². The van der Waals surface area contributed by atoms with Gasteiger partial charge in [0.15, 0.2) is 0 Å². The van der Waals surface area contributed by atoms with Gasteiger partial charge in [-0.3, -0.25) is 0 Å². The molecule has 0 aliphatic heterocycles. The molecule has 7 heavy (non-hydrogen) atoms. The minimum Gasteiger partial charge on any atom is -0.0623 e. The molecule has 1 rings (SSSR count). The quantitative estimate of drug-likeness (QED) is 0.493. The Hall–Kier alpha value is -0.222. The second-order valence-electron chi connectivity index (χ2n) is 1.15. The van der Waals surface area contributed by atoms with Crippen molar-refractivity contribution in [1.29, 1.82) is 0 Å². The predicted octanol–water partition coefficient (Wildman–Crippen LogP) is 1.31. The summed E-state index contributed by atoms with van der Waals surface area (Å²) in [5.74, 6) is 0. The monoisotopic (exact) mass is 153 g/mol. The molecule has 0 aromatic heterocycles. The fourth-order valence-corrected chi connectivity index (χ4v) is 0.385. The van der Waals surface area contributed by atoms with E-state index in [9.17, 15) is 0 Å². The largest absolute Gasteiger partial charge is 0.0623 e. The first-order chi connectivity index (χ1) is 3.00. The molecule has 0 N–H and O–H groups in total. The van der Waals surface area contributed by atoms with E-state index in [0.717, 1.165) is 0 Å². The van der Waals surface area contributed by atoms with Crippen LogP contribution in [0.3, 0.4) is 0 Å². The average Bonchev–Trinajstić information content (AvgIpc) is 1.72. The van der Waals surface area contributed by atoms with Crippen molar-refractivity contribution in [2.75, 3.05) is 0 Å². The van der Waals surface area contributed by atoms with Gasteiger partial charge in [0.25, 0.3) is 0 Å². The van der Waals surface area contributed by atoms with E-state index in [1.807, 2.05) is 36.4 Å². The smallest absolute Gasteiger partial charge is 0 e. The topological polar surface area (TPSA) is 0 Å². The van der Waals surface area contributed by atoms with E-state index in [1.165, 1.54) is 0 Å². The molecule has 0 amide bonds. The number of rotatable bonds is 0. The third kappa shape index (κ3) is 2.47. The predicted molar refractivity (Wildman–Crippen MR) is 32.2 cm³/mol. The fourth-order valence-electron chi connectivity index (χ4n) is 0.385. The van der Waals surface area contributed by atoms with Crippen LogP contribution in [0.4, 0.5) is 0 Å². The van der Waals surface area contributed by atoms with Crippen LogP contribution in [0.2, 0.25) is 0 Å². The molecule has 1 aromatic rings. The van der Waals surface area contributed by atoms with Gasteiger partial charge in [-0.15, -0.1) is 0 Å². The summed E-state index contributed by atoms with van der Waals surface area (Å²) >= 11 is 0. The van der Waals surface area contributed by atoms with Crippen LogP contribution in [0.5, 0.6) is 0 Å². The third-order valence-corrected chi connectivity index (χ3v) is 0.667. The Labute approximate surface area is 54.9 Å². The summed E-state index contributed by atoms with van der Waals surface area (Å²) in [4.78, 5) is 0. The molecule has 0 aliphatic rings. The molecule has 0 nitrogen and oxygen atoms in total. The van der Waals surface area contributed by atoms with Gasteiger partial charge in [-0.05, 0) is 0 Å². The van der Waals surface area contributed by atoms with E-state index in [1.54, 1.807) is 0 Å². The van der Waals surface area contributed by atoms with Gasteiger partial charge in [0.05, 0.1) is 0 Å². The second kappa shape index (κ2) is 3.95. The Morgan fingerprint density at radius 3 is 0.714 bits per heavy atom. The minimum atomic E-state index is 0. The van der Waals surface area contributed by atoms with E-state index in [2.05, 4.69) is 0 Å². The Morgan fingerprint density at radius 2 is 0.571 bits per heavy atom. The molecule has 0 saturated heterocycles. The molecule has 0 aliphatic carbocycles. The van der Waals surface area contributed by atoms with Crippen LogP contribution in [-0.4, -0.2) is 18.0 Å². The third-order valence-electron chi connectivity index (χ3n) is 0.667. The maximum absolute atomic E-state index is 2.00. The van der Waals surface area contributed by atoms with E-state index < -0.39 is 0 Å². The van der Waals surface area contributed by atoms with Crippen molar-refractivity contribution in [3.63, 3.8) is 0 Å². The van der Waals surface area contributed by atoms with Crippen molar-refractivity contribution >= 4 is 18.0 Å². The van der Waals surface area contributed by atoms with Gasteiger partial charge in [-0.1, -0.05) is 36.4 Å². The maximum Gasteiger partial charge on any atom is 0 e. The van der Waals surface area contributed by atoms with Crippen LogP contribution in [-0.2, 0) is 0 Å². The van der Waals surface area contributed by atoms with E-state index in [4.69, 9.17) is 0 Å². The summed E-state index contributed by atoms with van der Waals surface area (Å²) in [5.41, 5.74) is 0. The zero-order chi connectivity index (χ0) is 4.24. The van der Waals surface area contributed by atoms with E-state index in [0.29, 0.717) is 0 Å². The van der Waals surface area contributed by atoms with Crippen LogP contribution >= 0.6 is 0 Å². The Morgan fingerprint density at radius 1 is 0.429 bits per heavy atom. The number of benzene rings is 1. The van der Waals surface area contributed by atoms with E-state index in [-0.39, 0.29) is 18.0 Å². The molecular formula is C6H6As. The normalized spacial score (nSPS) is 6.86. The van der Waals surface area contributed by atoms with Gasteiger partial charge in [0.2, 0.25) is 0 Å². The first-order valence-electron chi connectivity index (χ1n) is 2.00. The van der Waals surface area contributed by atoms with Crippen molar-refractivity contribution in [1.82, 2.24) is 0 Å². The first kappa shape index (κ1) is 6.78. The molecule has 3 radical (unpaired) electrons.